The maximum Gasteiger partial charge on any atom is 0.187 e. The summed E-state index contributed by atoms with van der Waals surface area (Å²) in [6.07, 6.45) is -0.612. The van der Waals surface area contributed by atoms with Gasteiger partial charge in [-0.3, -0.25) is 0 Å². The predicted molar refractivity (Wildman–Crippen MR) is 169 cm³/mol. The molecule has 8 N–H and O–H groups in total. The lowest BCUT2D eigenvalue weighted by atomic mass is 9.40. The van der Waals surface area contributed by atoms with Crippen LogP contribution in [0.2, 0.25) is 0 Å². The molecule has 10 nitrogen and oxygen atoms in total. The van der Waals surface area contributed by atoms with Gasteiger partial charge >= 0.3 is 0 Å². The van der Waals surface area contributed by atoms with Gasteiger partial charge in [-0.2, -0.15) is 0 Å². The normalized spacial score (nSPS) is 55.1. The fourth-order valence-electron chi connectivity index (χ4n) is 12.7. The highest BCUT2D eigenvalue weighted by Gasteiger charge is 2.86. The molecule has 264 valence electrons. The Kier molecular flexibility index (Phi) is 8.95. The van der Waals surface area contributed by atoms with Crippen molar-refractivity contribution >= 4 is 0 Å². The summed E-state index contributed by atoms with van der Waals surface area (Å²) >= 11 is 0. The molecule has 10 heteroatoms. The summed E-state index contributed by atoms with van der Waals surface area (Å²) < 4.78 is 11.1. The molecule has 2 spiro atoms. The van der Waals surface area contributed by atoms with E-state index in [4.69, 9.17) is 9.47 Å². The molecule has 6 fully saturated rings. The molecule has 1 aliphatic heterocycles. The number of fused-ring (bicyclic) bond motifs is 2. The van der Waals surface area contributed by atoms with Gasteiger partial charge in [-0.25, -0.2) is 0 Å². The van der Waals surface area contributed by atoms with Gasteiger partial charge in [-0.15, -0.1) is 0 Å². The van der Waals surface area contributed by atoms with Crippen molar-refractivity contribution in [2.24, 2.45) is 50.7 Å². The van der Waals surface area contributed by atoms with Gasteiger partial charge in [0.15, 0.2) is 6.29 Å². The molecule has 1 saturated heterocycles. The van der Waals surface area contributed by atoms with Crippen LogP contribution in [-0.4, -0.2) is 109 Å². The van der Waals surface area contributed by atoms with Gasteiger partial charge in [0, 0.05) is 17.3 Å². The number of ether oxygens (including phenoxy) is 2. The first kappa shape index (κ1) is 35.2. The molecule has 5 saturated carbocycles. The molecule has 6 aliphatic rings. The van der Waals surface area contributed by atoms with Gasteiger partial charge in [-0.05, 0) is 91.8 Å². The largest absolute Gasteiger partial charge is 0.394 e. The van der Waals surface area contributed by atoms with Crippen LogP contribution in [0, 0.1) is 50.7 Å². The lowest BCUT2D eigenvalue weighted by Gasteiger charge is -2.65. The Bertz CT molecular complexity index is 1180. The first-order valence-corrected chi connectivity index (χ1v) is 17.7. The molecule has 6 rings (SSSR count). The number of rotatable bonds is 8. The zero-order chi connectivity index (χ0) is 33.8. The van der Waals surface area contributed by atoms with Crippen LogP contribution < -0.4 is 0 Å². The second kappa shape index (κ2) is 11.7. The molecular weight excluding hydrogens is 592 g/mol. The summed E-state index contributed by atoms with van der Waals surface area (Å²) in [4.78, 5) is 0. The van der Waals surface area contributed by atoms with Gasteiger partial charge in [-0.1, -0.05) is 46.3 Å². The van der Waals surface area contributed by atoms with Crippen molar-refractivity contribution in [3.05, 3.63) is 11.6 Å². The molecule has 0 radical (unpaired) electrons. The Morgan fingerprint density at radius 1 is 0.891 bits per heavy atom. The van der Waals surface area contributed by atoms with Crippen molar-refractivity contribution in [3.63, 3.8) is 0 Å². The molecule has 1 heterocycles. The Morgan fingerprint density at radius 3 is 2.24 bits per heavy atom. The summed E-state index contributed by atoms with van der Waals surface area (Å²) in [6, 6.07) is 0. The first-order valence-electron chi connectivity index (χ1n) is 17.7. The number of hydrogen-bond acceptors (Lipinski definition) is 10. The minimum atomic E-state index is -1.48. The van der Waals surface area contributed by atoms with E-state index in [9.17, 15) is 40.9 Å². The first-order chi connectivity index (χ1) is 21.4. The highest BCUT2D eigenvalue weighted by Crippen LogP contribution is 2.88. The van der Waals surface area contributed by atoms with Crippen LogP contribution in [0.25, 0.3) is 0 Å². The van der Waals surface area contributed by atoms with E-state index in [0.717, 1.165) is 37.7 Å². The minimum absolute atomic E-state index is 0.0779. The second-order valence-corrected chi connectivity index (χ2v) is 17.5. The van der Waals surface area contributed by atoms with Crippen molar-refractivity contribution in [1.82, 2.24) is 0 Å². The van der Waals surface area contributed by atoms with Gasteiger partial charge < -0.3 is 50.3 Å². The summed E-state index contributed by atoms with van der Waals surface area (Å²) in [5.41, 5.74) is -0.544. The Morgan fingerprint density at radius 2 is 1.57 bits per heavy atom. The van der Waals surface area contributed by atoms with Crippen LogP contribution in [0.1, 0.15) is 92.9 Å². The topological polar surface area (TPSA) is 180 Å². The average molecular weight is 653 g/mol. The summed E-state index contributed by atoms with van der Waals surface area (Å²) in [6.45, 7) is 12.5. The quantitative estimate of drug-likeness (QED) is 0.181. The number of aliphatic hydroxyl groups excluding tert-OH is 8. The predicted octanol–water partition coefficient (Wildman–Crippen LogP) is 1.88. The fraction of sp³-hybridized carbons (Fsp3) is 0.944. The van der Waals surface area contributed by atoms with Gasteiger partial charge in [0.1, 0.15) is 24.4 Å². The van der Waals surface area contributed by atoms with E-state index in [-0.39, 0.29) is 46.0 Å². The molecule has 0 bridgehead atoms. The van der Waals surface area contributed by atoms with Crippen molar-refractivity contribution in [2.45, 2.75) is 148 Å². The van der Waals surface area contributed by atoms with Gasteiger partial charge in [0.2, 0.25) is 0 Å². The van der Waals surface area contributed by atoms with Crippen LogP contribution in [0.4, 0.5) is 0 Å². The average Bonchev–Trinajstić information content (AvgIpc) is 3.61. The van der Waals surface area contributed by atoms with E-state index in [0.29, 0.717) is 25.2 Å². The highest BCUT2D eigenvalue weighted by atomic mass is 16.7. The number of allylic oxidation sites excluding steroid dienone is 1. The second-order valence-electron chi connectivity index (χ2n) is 17.5. The van der Waals surface area contributed by atoms with E-state index in [2.05, 4.69) is 40.7 Å². The van der Waals surface area contributed by atoms with Crippen molar-refractivity contribution in [2.75, 3.05) is 13.2 Å². The fourth-order valence-corrected chi connectivity index (χ4v) is 12.7. The summed E-state index contributed by atoms with van der Waals surface area (Å²) in [7, 11) is 0. The molecule has 0 aromatic carbocycles. The molecule has 0 unspecified atom stereocenters. The molecule has 5 aliphatic carbocycles. The Balaban J connectivity index is 1.13. The molecular formula is C36H60O10. The lowest BCUT2D eigenvalue weighted by molar-refractivity contribution is -0.299. The number of hydrogen-bond donors (Lipinski definition) is 8. The molecule has 46 heavy (non-hydrogen) atoms. The zero-order valence-electron chi connectivity index (χ0n) is 28.5. The molecule has 17 atom stereocenters. The van der Waals surface area contributed by atoms with E-state index >= 15 is 0 Å². The third-order valence-electron chi connectivity index (χ3n) is 15.3. The van der Waals surface area contributed by atoms with Gasteiger partial charge in [0.05, 0.1) is 37.6 Å². The van der Waals surface area contributed by atoms with Crippen molar-refractivity contribution in [1.29, 1.82) is 0 Å². The maximum absolute atomic E-state index is 12.2. The third-order valence-corrected chi connectivity index (χ3v) is 15.3. The summed E-state index contributed by atoms with van der Waals surface area (Å²) in [5.74, 6) is 0.584. The highest BCUT2D eigenvalue weighted by molar-refractivity contribution is 5.34. The smallest absolute Gasteiger partial charge is 0.187 e. The van der Waals surface area contributed by atoms with Crippen LogP contribution >= 0.6 is 0 Å². The van der Waals surface area contributed by atoms with Crippen LogP contribution in [0.3, 0.4) is 0 Å². The molecule has 0 aromatic rings. The standard InChI is InChI=1S/C36H60O10/c1-18(16-45-31-30(44)29(43)28(42)21(15-37)46-31)8-7-9-19(2)27-20(38)13-33(5)23-11-10-22-32(3,4)24(39)12-25(40)36(22)17-35(23,36)14-26(41)34(27,33)6/h8,19-31,37-44H,7,9-17H2,1-6H3/b18-8+/t19-,20+,21-,22+,23+,24+,25+,26-,27+,28-,29-,30-,31-,33+,34-,35+,36-/m1/s1. The number of aliphatic hydroxyl groups is 8. The van der Waals surface area contributed by atoms with E-state index in [1.54, 1.807) is 0 Å². The lowest BCUT2D eigenvalue weighted by Crippen LogP contribution is -2.64. The monoisotopic (exact) mass is 652 g/mol. The molecule has 0 amide bonds. The SMILES string of the molecule is C/C(=C\CC[C@@H](C)[C@H]1[C@@H](O)C[C@@]2(C)[C@@H]3CC[C@H]4C(C)(C)[C@@H](O)C[C@H](O)[C@@]45C[C@@]35C[C@@H](O)[C@]12C)CO[C@@H]1O[C@H](CO)[C@@H](O)[C@@H](O)[C@H]1O. The van der Waals surface area contributed by atoms with Crippen LogP contribution in [0.15, 0.2) is 11.6 Å². The summed E-state index contributed by atoms with van der Waals surface area (Å²) in [5, 5.41) is 86.1. The maximum atomic E-state index is 12.2. The Labute approximate surface area is 273 Å². The minimum Gasteiger partial charge on any atom is -0.394 e. The van der Waals surface area contributed by atoms with Gasteiger partial charge in [0.25, 0.3) is 0 Å². The Hall–Kier alpha value is -0.660. The van der Waals surface area contributed by atoms with Crippen molar-refractivity contribution in [3.8, 4) is 0 Å². The molecule has 0 aromatic heterocycles. The van der Waals surface area contributed by atoms with E-state index < -0.39 is 67.1 Å². The van der Waals surface area contributed by atoms with Crippen molar-refractivity contribution < 1.29 is 50.3 Å². The van der Waals surface area contributed by atoms with Crippen LogP contribution in [0.5, 0.6) is 0 Å². The third kappa shape index (κ3) is 4.64. The van der Waals surface area contributed by atoms with E-state index in [1.165, 1.54) is 0 Å². The zero-order valence-corrected chi connectivity index (χ0v) is 28.5. The van der Waals surface area contributed by atoms with Crippen LogP contribution in [-0.2, 0) is 9.47 Å². The van der Waals surface area contributed by atoms with E-state index in [1.807, 2.05) is 6.92 Å².